The molecule has 1 amide bonds. The lowest BCUT2D eigenvalue weighted by molar-refractivity contribution is 0.0492. The first-order chi connectivity index (χ1) is 9.20. The summed E-state index contributed by atoms with van der Waals surface area (Å²) in [6.07, 6.45) is 0.0111. The van der Waals surface area contributed by atoms with Crippen LogP contribution in [0.4, 0.5) is 4.79 Å². The summed E-state index contributed by atoms with van der Waals surface area (Å²) in [7, 11) is 0. The fourth-order valence-corrected chi connectivity index (χ4v) is 2.06. The summed E-state index contributed by atoms with van der Waals surface area (Å²) in [5.74, 6) is -0.442. The molecule has 1 heterocycles. The molecule has 112 valence electrons. The van der Waals surface area contributed by atoms with Crippen LogP contribution in [0.3, 0.4) is 0 Å². The highest BCUT2D eigenvalue weighted by Gasteiger charge is 2.36. The average Bonchev–Trinajstić information content (AvgIpc) is 2.75. The lowest BCUT2D eigenvalue weighted by atomic mass is 10.0. The van der Waals surface area contributed by atoms with E-state index < -0.39 is 23.6 Å². The van der Waals surface area contributed by atoms with Crippen molar-refractivity contribution in [3.63, 3.8) is 0 Å². The topological polar surface area (TPSA) is 92.9 Å². The maximum absolute atomic E-state index is 11.8. The number of ether oxygens (including phenoxy) is 1. The molecule has 0 radical (unpaired) electrons. The van der Waals surface area contributed by atoms with Crippen molar-refractivity contribution in [1.82, 2.24) is 9.88 Å². The summed E-state index contributed by atoms with van der Waals surface area (Å²) in [4.78, 5) is 28.2. The molecule has 1 aromatic rings. The Morgan fingerprint density at radius 1 is 1.50 bits per heavy atom. The number of amides is 1. The zero-order valence-corrected chi connectivity index (χ0v) is 12.3. The predicted molar refractivity (Wildman–Crippen MR) is 70.5 cm³/mol. The quantitative estimate of drug-likeness (QED) is 0.854. The molecule has 0 saturated carbocycles. The molecule has 1 rings (SSSR count). The van der Waals surface area contributed by atoms with Gasteiger partial charge in [-0.05, 0) is 34.6 Å². The van der Waals surface area contributed by atoms with Crippen LogP contribution >= 0.6 is 0 Å². The molecule has 0 aliphatic heterocycles. The van der Waals surface area contributed by atoms with Crippen LogP contribution in [0, 0.1) is 0 Å². The van der Waals surface area contributed by atoms with E-state index in [0.717, 1.165) is 6.39 Å². The molecule has 7 heteroatoms. The number of hydrogen-bond acceptors (Lipinski definition) is 5. The Bertz CT molecular complexity index is 489. The van der Waals surface area contributed by atoms with Gasteiger partial charge in [0.05, 0.1) is 12.6 Å². The summed E-state index contributed by atoms with van der Waals surface area (Å²) >= 11 is 0. The Kier molecular flexibility index (Phi) is 4.75. The van der Waals surface area contributed by atoms with Crippen LogP contribution in [0.25, 0.3) is 0 Å². The van der Waals surface area contributed by atoms with Crippen molar-refractivity contribution >= 4 is 12.1 Å². The van der Waals surface area contributed by atoms with Crippen LogP contribution in [0.5, 0.6) is 0 Å². The molecule has 0 saturated heterocycles. The van der Waals surface area contributed by atoms with E-state index in [4.69, 9.17) is 9.15 Å². The minimum absolute atomic E-state index is 0.00912. The Balaban J connectivity index is 3.14. The first kappa shape index (κ1) is 16.0. The normalized spacial score (nSPS) is 12.8. The molecular formula is C13H20N2O5. The number of carboxylic acid groups (broad SMARTS) is 1. The van der Waals surface area contributed by atoms with Gasteiger partial charge in [-0.3, -0.25) is 4.90 Å². The van der Waals surface area contributed by atoms with Crippen molar-refractivity contribution in [3.8, 4) is 0 Å². The Morgan fingerprint density at radius 2 is 2.10 bits per heavy atom. The predicted octanol–water partition coefficient (Wildman–Crippen LogP) is 2.69. The van der Waals surface area contributed by atoms with Crippen molar-refractivity contribution < 1.29 is 23.8 Å². The molecule has 0 unspecified atom stereocenters. The SMILES string of the molecule is CCOC(=O)c1ncoc1[C@H](C)N(C(=O)O)C(C)(C)C. The van der Waals surface area contributed by atoms with Crippen molar-refractivity contribution in [3.05, 3.63) is 17.8 Å². The second-order valence-electron chi connectivity index (χ2n) is 5.29. The highest BCUT2D eigenvalue weighted by molar-refractivity contribution is 5.88. The molecule has 0 aliphatic carbocycles. The van der Waals surface area contributed by atoms with Crippen molar-refractivity contribution in [2.24, 2.45) is 0 Å². The van der Waals surface area contributed by atoms with Crippen molar-refractivity contribution in [2.75, 3.05) is 6.61 Å². The molecule has 0 aliphatic rings. The minimum Gasteiger partial charge on any atom is -0.465 e. The van der Waals surface area contributed by atoms with Crippen LogP contribution in [0.1, 0.15) is 56.9 Å². The second-order valence-corrected chi connectivity index (χ2v) is 5.29. The summed E-state index contributed by atoms with van der Waals surface area (Å²) in [5, 5.41) is 9.36. The third-order valence-corrected chi connectivity index (χ3v) is 2.76. The average molecular weight is 284 g/mol. The third-order valence-electron chi connectivity index (χ3n) is 2.76. The third kappa shape index (κ3) is 3.28. The van der Waals surface area contributed by atoms with E-state index in [1.807, 2.05) is 0 Å². The van der Waals surface area contributed by atoms with Gasteiger partial charge in [-0.15, -0.1) is 0 Å². The molecular weight excluding hydrogens is 264 g/mol. The molecule has 7 nitrogen and oxygen atoms in total. The lowest BCUT2D eigenvalue weighted by Crippen LogP contribution is -2.46. The van der Waals surface area contributed by atoms with E-state index in [2.05, 4.69) is 4.98 Å². The highest BCUT2D eigenvalue weighted by atomic mass is 16.5. The van der Waals surface area contributed by atoms with Gasteiger partial charge in [0.25, 0.3) is 0 Å². The van der Waals surface area contributed by atoms with Gasteiger partial charge in [-0.2, -0.15) is 0 Å². The minimum atomic E-state index is -1.10. The molecule has 0 fully saturated rings. The van der Waals surface area contributed by atoms with Crippen LogP contribution < -0.4 is 0 Å². The van der Waals surface area contributed by atoms with E-state index in [0.29, 0.717) is 0 Å². The fraction of sp³-hybridized carbons (Fsp3) is 0.615. The van der Waals surface area contributed by atoms with Crippen molar-refractivity contribution in [1.29, 1.82) is 0 Å². The summed E-state index contributed by atoms with van der Waals surface area (Å²) in [6.45, 7) is 8.82. The first-order valence-electron chi connectivity index (χ1n) is 6.32. The van der Waals surface area contributed by atoms with Crippen LogP contribution in [-0.4, -0.2) is 39.2 Å². The summed E-state index contributed by atoms with van der Waals surface area (Å²) < 4.78 is 10.1. The lowest BCUT2D eigenvalue weighted by Gasteiger charge is -2.37. The molecule has 0 spiro atoms. The van der Waals surface area contributed by atoms with Gasteiger partial charge < -0.3 is 14.3 Å². The summed E-state index contributed by atoms with van der Waals surface area (Å²) in [6, 6.07) is -0.658. The Hall–Kier alpha value is -2.05. The molecule has 20 heavy (non-hydrogen) atoms. The second kappa shape index (κ2) is 5.94. The van der Waals surface area contributed by atoms with Crippen molar-refractivity contribution in [2.45, 2.75) is 46.2 Å². The van der Waals surface area contributed by atoms with Gasteiger partial charge >= 0.3 is 12.1 Å². The molecule has 0 bridgehead atoms. The van der Waals surface area contributed by atoms with Gasteiger partial charge in [-0.1, -0.05) is 0 Å². The molecule has 0 aromatic carbocycles. The van der Waals surface area contributed by atoms with Gasteiger partial charge in [0.2, 0.25) is 0 Å². The monoisotopic (exact) mass is 284 g/mol. The fourth-order valence-electron chi connectivity index (χ4n) is 2.06. The van der Waals surface area contributed by atoms with Crippen LogP contribution in [0.15, 0.2) is 10.8 Å². The van der Waals surface area contributed by atoms with E-state index in [1.54, 1.807) is 34.6 Å². The standard InChI is InChI=1S/C13H20N2O5/c1-6-19-11(16)9-10(20-7-14-9)8(2)15(12(17)18)13(3,4)5/h7-8H,6H2,1-5H3,(H,17,18)/t8-/m0/s1. The number of oxazole rings is 1. The largest absolute Gasteiger partial charge is 0.465 e. The van der Waals surface area contributed by atoms with E-state index in [-0.39, 0.29) is 18.1 Å². The number of rotatable bonds is 4. The van der Waals surface area contributed by atoms with E-state index in [1.165, 1.54) is 4.90 Å². The molecule has 1 N–H and O–H groups in total. The number of nitrogens with zero attached hydrogens (tertiary/aromatic N) is 2. The Morgan fingerprint density at radius 3 is 2.55 bits per heavy atom. The zero-order valence-electron chi connectivity index (χ0n) is 12.3. The number of esters is 1. The number of aromatic nitrogens is 1. The number of hydrogen-bond donors (Lipinski definition) is 1. The molecule has 1 atom stereocenters. The zero-order chi connectivity index (χ0) is 15.5. The maximum Gasteiger partial charge on any atom is 0.408 e. The van der Waals surface area contributed by atoms with Gasteiger partial charge in [-0.25, -0.2) is 14.6 Å². The van der Waals surface area contributed by atoms with Gasteiger partial charge in [0.15, 0.2) is 17.8 Å². The Labute approximate surface area is 117 Å². The number of carbonyl (C=O) groups is 2. The van der Waals surface area contributed by atoms with Crippen LogP contribution in [0.2, 0.25) is 0 Å². The van der Waals surface area contributed by atoms with Gasteiger partial charge in [0.1, 0.15) is 0 Å². The summed E-state index contributed by atoms with van der Waals surface area (Å²) in [5.41, 5.74) is -0.640. The van der Waals surface area contributed by atoms with E-state index in [9.17, 15) is 14.7 Å². The van der Waals surface area contributed by atoms with Gasteiger partial charge in [0, 0.05) is 5.54 Å². The van der Waals surface area contributed by atoms with Crippen LogP contribution in [-0.2, 0) is 4.74 Å². The number of carbonyl (C=O) groups excluding carboxylic acids is 1. The first-order valence-corrected chi connectivity index (χ1v) is 6.32. The smallest absolute Gasteiger partial charge is 0.408 e. The highest BCUT2D eigenvalue weighted by Crippen LogP contribution is 2.30. The maximum atomic E-state index is 11.8. The van der Waals surface area contributed by atoms with E-state index >= 15 is 0 Å². The molecule has 1 aromatic heterocycles.